The maximum Gasteiger partial charge on any atom is 0.254 e. The Morgan fingerprint density at radius 2 is 2.12 bits per heavy atom. The highest BCUT2D eigenvalue weighted by Gasteiger charge is 2.24. The molecule has 2 rings (SSSR count). The average Bonchev–Trinajstić information content (AvgIpc) is 2.30. The first-order valence-corrected chi connectivity index (χ1v) is 5.36. The lowest BCUT2D eigenvalue weighted by molar-refractivity contribution is 0.00359. The number of phenolic OH excluding ortho intramolecular Hbond substituents is 1. The van der Waals surface area contributed by atoms with Crippen LogP contribution in [0, 0.1) is 0 Å². The molecule has 1 amide bonds. The van der Waals surface area contributed by atoms with Crippen molar-refractivity contribution in [2.45, 2.75) is 13.0 Å². The summed E-state index contributed by atoms with van der Waals surface area (Å²) in [5.41, 5.74) is 0.603. The van der Waals surface area contributed by atoms with Crippen molar-refractivity contribution < 1.29 is 14.6 Å². The summed E-state index contributed by atoms with van der Waals surface area (Å²) in [5.74, 6) is 0.169. The molecule has 0 bridgehead atoms. The van der Waals surface area contributed by atoms with Gasteiger partial charge in [-0.2, -0.15) is 0 Å². The number of amides is 1. The van der Waals surface area contributed by atoms with Crippen molar-refractivity contribution in [2.75, 3.05) is 19.8 Å². The van der Waals surface area contributed by atoms with E-state index in [9.17, 15) is 4.79 Å². The molecule has 4 nitrogen and oxygen atoms in total. The van der Waals surface area contributed by atoms with Crippen molar-refractivity contribution in [3.05, 3.63) is 29.8 Å². The summed E-state index contributed by atoms with van der Waals surface area (Å²) in [4.78, 5) is 13.9. The van der Waals surface area contributed by atoms with Crippen molar-refractivity contribution in [3.63, 3.8) is 0 Å². The zero-order chi connectivity index (χ0) is 11.5. The minimum Gasteiger partial charge on any atom is -0.508 e. The summed E-state index contributed by atoms with van der Waals surface area (Å²) < 4.78 is 5.28. The number of benzene rings is 1. The highest BCUT2D eigenvalue weighted by Crippen LogP contribution is 2.15. The van der Waals surface area contributed by atoms with Gasteiger partial charge in [0.1, 0.15) is 5.75 Å². The van der Waals surface area contributed by atoms with Crippen LogP contribution in [0.4, 0.5) is 0 Å². The van der Waals surface area contributed by atoms with Gasteiger partial charge in [-0.1, -0.05) is 0 Å². The molecule has 1 aromatic rings. The number of rotatable bonds is 1. The zero-order valence-corrected chi connectivity index (χ0v) is 9.22. The Hall–Kier alpha value is -1.55. The van der Waals surface area contributed by atoms with E-state index in [0.717, 1.165) is 0 Å². The van der Waals surface area contributed by atoms with Crippen LogP contribution in [0.1, 0.15) is 17.3 Å². The Morgan fingerprint density at radius 1 is 1.44 bits per heavy atom. The number of phenols is 1. The molecule has 0 saturated carbocycles. The highest BCUT2D eigenvalue weighted by molar-refractivity contribution is 5.94. The molecule has 1 N–H and O–H groups in total. The Kier molecular flexibility index (Phi) is 3.10. The smallest absolute Gasteiger partial charge is 0.254 e. The first-order chi connectivity index (χ1) is 7.68. The topological polar surface area (TPSA) is 49.8 Å². The Bertz CT molecular complexity index is 374. The average molecular weight is 221 g/mol. The molecule has 0 aliphatic carbocycles. The van der Waals surface area contributed by atoms with Crippen LogP contribution in [0.2, 0.25) is 0 Å². The molecule has 1 aromatic carbocycles. The fourth-order valence-electron chi connectivity index (χ4n) is 1.80. The highest BCUT2D eigenvalue weighted by atomic mass is 16.5. The van der Waals surface area contributed by atoms with Gasteiger partial charge in [-0.15, -0.1) is 0 Å². The number of nitrogens with zero attached hydrogens (tertiary/aromatic N) is 1. The van der Waals surface area contributed by atoms with E-state index in [1.165, 1.54) is 12.1 Å². The van der Waals surface area contributed by atoms with Crippen molar-refractivity contribution in [2.24, 2.45) is 0 Å². The lowest BCUT2D eigenvalue weighted by Crippen LogP contribution is -2.47. The number of hydrogen-bond donors (Lipinski definition) is 1. The predicted molar refractivity (Wildman–Crippen MR) is 59.4 cm³/mol. The van der Waals surface area contributed by atoms with Gasteiger partial charge in [0.05, 0.1) is 19.3 Å². The van der Waals surface area contributed by atoms with E-state index in [2.05, 4.69) is 0 Å². The second kappa shape index (κ2) is 4.53. The molecule has 1 fully saturated rings. The van der Waals surface area contributed by atoms with Crippen LogP contribution in [0.25, 0.3) is 0 Å². The standard InChI is InChI=1S/C12H15NO3/c1-9-8-16-7-6-13(9)12(15)10-2-4-11(14)5-3-10/h2-5,9,14H,6-8H2,1H3. The van der Waals surface area contributed by atoms with Gasteiger partial charge < -0.3 is 14.7 Å². The molecule has 16 heavy (non-hydrogen) atoms. The van der Waals surface area contributed by atoms with Crippen LogP contribution in [0.3, 0.4) is 0 Å². The van der Waals surface area contributed by atoms with Crippen molar-refractivity contribution in [3.8, 4) is 5.75 Å². The minimum absolute atomic E-state index is 0.00389. The van der Waals surface area contributed by atoms with Crippen LogP contribution in [0.5, 0.6) is 5.75 Å². The third kappa shape index (κ3) is 2.17. The molecule has 4 heteroatoms. The quantitative estimate of drug-likeness (QED) is 0.776. The number of carbonyl (C=O) groups excluding carboxylic acids is 1. The first kappa shape index (κ1) is 11.0. The molecule has 0 radical (unpaired) electrons. The summed E-state index contributed by atoms with van der Waals surface area (Å²) >= 11 is 0. The number of carbonyl (C=O) groups is 1. The summed E-state index contributed by atoms with van der Waals surface area (Å²) in [6.45, 7) is 3.77. The Labute approximate surface area is 94.4 Å². The summed E-state index contributed by atoms with van der Waals surface area (Å²) in [7, 11) is 0. The number of morpholine rings is 1. The van der Waals surface area contributed by atoms with Gasteiger partial charge in [0, 0.05) is 12.1 Å². The van der Waals surface area contributed by atoms with Gasteiger partial charge in [0.15, 0.2) is 0 Å². The van der Waals surface area contributed by atoms with Crippen molar-refractivity contribution in [1.82, 2.24) is 4.90 Å². The SMILES string of the molecule is CC1COCCN1C(=O)c1ccc(O)cc1. The molecule has 1 unspecified atom stereocenters. The van der Waals surface area contributed by atoms with E-state index < -0.39 is 0 Å². The second-order valence-electron chi connectivity index (χ2n) is 3.97. The van der Waals surface area contributed by atoms with E-state index in [1.54, 1.807) is 17.0 Å². The minimum atomic E-state index is -0.00389. The van der Waals surface area contributed by atoms with Gasteiger partial charge in [0.2, 0.25) is 0 Å². The van der Waals surface area contributed by atoms with Crippen LogP contribution in [-0.4, -0.2) is 41.7 Å². The summed E-state index contributed by atoms with van der Waals surface area (Å²) in [5, 5.41) is 9.16. The molecular formula is C12H15NO3. The molecule has 1 aliphatic heterocycles. The zero-order valence-electron chi connectivity index (χ0n) is 9.22. The van der Waals surface area contributed by atoms with Gasteiger partial charge in [-0.25, -0.2) is 0 Å². The van der Waals surface area contributed by atoms with Gasteiger partial charge in [-0.3, -0.25) is 4.79 Å². The molecule has 1 aliphatic rings. The molecule has 0 spiro atoms. The molecule has 0 aromatic heterocycles. The molecule has 1 heterocycles. The fraction of sp³-hybridized carbons (Fsp3) is 0.417. The Balaban J connectivity index is 2.14. The largest absolute Gasteiger partial charge is 0.508 e. The second-order valence-corrected chi connectivity index (χ2v) is 3.97. The lowest BCUT2D eigenvalue weighted by Gasteiger charge is -2.33. The van der Waals surface area contributed by atoms with E-state index >= 15 is 0 Å². The van der Waals surface area contributed by atoms with Gasteiger partial charge in [0.25, 0.3) is 5.91 Å². The van der Waals surface area contributed by atoms with Crippen molar-refractivity contribution >= 4 is 5.91 Å². The predicted octanol–water partition coefficient (Wildman–Crippen LogP) is 1.25. The fourth-order valence-corrected chi connectivity index (χ4v) is 1.80. The third-order valence-corrected chi connectivity index (χ3v) is 2.74. The maximum atomic E-state index is 12.1. The summed E-state index contributed by atoms with van der Waals surface area (Å²) in [6.07, 6.45) is 0. The van der Waals surface area contributed by atoms with E-state index in [-0.39, 0.29) is 17.7 Å². The Morgan fingerprint density at radius 3 is 2.75 bits per heavy atom. The number of hydrogen-bond acceptors (Lipinski definition) is 3. The number of aromatic hydroxyl groups is 1. The van der Waals surface area contributed by atoms with Gasteiger partial charge >= 0.3 is 0 Å². The van der Waals surface area contributed by atoms with E-state index in [0.29, 0.717) is 25.3 Å². The van der Waals surface area contributed by atoms with E-state index in [4.69, 9.17) is 9.84 Å². The van der Waals surface area contributed by atoms with Crippen LogP contribution in [-0.2, 0) is 4.74 Å². The van der Waals surface area contributed by atoms with Crippen molar-refractivity contribution in [1.29, 1.82) is 0 Å². The molecular weight excluding hydrogens is 206 g/mol. The number of ether oxygens (including phenoxy) is 1. The maximum absolute atomic E-state index is 12.1. The van der Waals surface area contributed by atoms with Gasteiger partial charge in [-0.05, 0) is 31.2 Å². The molecule has 86 valence electrons. The van der Waals surface area contributed by atoms with Crippen LogP contribution in [0.15, 0.2) is 24.3 Å². The molecule has 1 atom stereocenters. The van der Waals surface area contributed by atoms with Crippen LogP contribution >= 0.6 is 0 Å². The third-order valence-electron chi connectivity index (χ3n) is 2.74. The normalized spacial score (nSPS) is 20.8. The monoisotopic (exact) mass is 221 g/mol. The summed E-state index contributed by atoms with van der Waals surface area (Å²) in [6, 6.07) is 6.44. The lowest BCUT2D eigenvalue weighted by atomic mass is 10.1. The van der Waals surface area contributed by atoms with E-state index in [1.807, 2.05) is 6.92 Å². The first-order valence-electron chi connectivity index (χ1n) is 5.36. The molecule has 1 saturated heterocycles. The van der Waals surface area contributed by atoms with Crippen LogP contribution < -0.4 is 0 Å².